The fourth-order valence-electron chi connectivity index (χ4n) is 1.99. The standard InChI is InChI=1S/C16H15F4NO/c1-22-15-7-6-13(10-14(15)17)21-9-8-11-2-4-12(5-3-11)16(18,19)20/h2-7,10,21H,8-9H2,1H3. The summed E-state index contributed by atoms with van der Waals surface area (Å²) in [5.74, 6) is -0.310. The summed E-state index contributed by atoms with van der Waals surface area (Å²) in [7, 11) is 1.39. The molecule has 2 rings (SSSR count). The van der Waals surface area contributed by atoms with Gasteiger partial charge in [0, 0.05) is 18.3 Å². The molecule has 0 aliphatic carbocycles. The van der Waals surface area contributed by atoms with Crippen LogP contribution in [-0.2, 0) is 12.6 Å². The summed E-state index contributed by atoms with van der Waals surface area (Å²) in [5, 5.41) is 3.01. The number of benzene rings is 2. The molecule has 1 N–H and O–H groups in total. The molecular weight excluding hydrogens is 298 g/mol. The van der Waals surface area contributed by atoms with Crippen molar-refractivity contribution in [2.24, 2.45) is 0 Å². The van der Waals surface area contributed by atoms with E-state index in [-0.39, 0.29) is 5.75 Å². The molecule has 0 aliphatic heterocycles. The minimum Gasteiger partial charge on any atom is -0.494 e. The van der Waals surface area contributed by atoms with Crippen molar-refractivity contribution in [2.45, 2.75) is 12.6 Å². The number of nitrogens with one attached hydrogen (secondary N) is 1. The SMILES string of the molecule is COc1ccc(NCCc2ccc(C(F)(F)F)cc2)cc1F. The Kier molecular flexibility index (Phi) is 4.90. The average molecular weight is 313 g/mol. The predicted molar refractivity (Wildman–Crippen MR) is 76.6 cm³/mol. The van der Waals surface area contributed by atoms with Crippen LogP contribution in [0.3, 0.4) is 0 Å². The minimum atomic E-state index is -4.32. The van der Waals surface area contributed by atoms with E-state index < -0.39 is 17.6 Å². The largest absolute Gasteiger partial charge is 0.494 e. The highest BCUT2D eigenvalue weighted by atomic mass is 19.4. The minimum absolute atomic E-state index is 0.160. The lowest BCUT2D eigenvalue weighted by molar-refractivity contribution is -0.137. The van der Waals surface area contributed by atoms with Gasteiger partial charge in [-0.05, 0) is 36.2 Å². The number of halogens is 4. The maximum absolute atomic E-state index is 13.5. The molecular formula is C16H15F4NO. The van der Waals surface area contributed by atoms with Crippen LogP contribution in [0.5, 0.6) is 5.75 Å². The molecule has 0 aliphatic rings. The average Bonchev–Trinajstić information content (AvgIpc) is 2.47. The van der Waals surface area contributed by atoms with Crippen LogP contribution in [0.25, 0.3) is 0 Å². The molecule has 0 radical (unpaired) electrons. The first kappa shape index (κ1) is 16.1. The van der Waals surface area contributed by atoms with E-state index in [1.54, 1.807) is 6.07 Å². The molecule has 2 aromatic rings. The first-order valence-electron chi connectivity index (χ1n) is 6.63. The third kappa shape index (κ3) is 4.13. The van der Waals surface area contributed by atoms with Crippen LogP contribution in [0.4, 0.5) is 23.2 Å². The van der Waals surface area contributed by atoms with Gasteiger partial charge in [0.1, 0.15) is 0 Å². The monoisotopic (exact) mass is 313 g/mol. The lowest BCUT2D eigenvalue weighted by atomic mass is 10.1. The Bertz CT molecular complexity index is 623. The number of ether oxygens (including phenoxy) is 1. The number of rotatable bonds is 5. The number of hydrogen-bond acceptors (Lipinski definition) is 2. The second-order valence-corrected chi connectivity index (χ2v) is 4.72. The molecule has 0 saturated carbocycles. The topological polar surface area (TPSA) is 21.3 Å². The third-order valence-corrected chi connectivity index (χ3v) is 3.18. The Hall–Kier alpha value is -2.24. The third-order valence-electron chi connectivity index (χ3n) is 3.18. The highest BCUT2D eigenvalue weighted by molar-refractivity contribution is 5.47. The van der Waals surface area contributed by atoms with Crippen molar-refractivity contribution >= 4 is 5.69 Å². The Balaban J connectivity index is 1.90. The van der Waals surface area contributed by atoms with Gasteiger partial charge in [-0.2, -0.15) is 13.2 Å². The van der Waals surface area contributed by atoms with Gasteiger partial charge in [-0.15, -0.1) is 0 Å². The zero-order chi connectivity index (χ0) is 16.2. The first-order valence-corrected chi connectivity index (χ1v) is 6.63. The second kappa shape index (κ2) is 6.68. The Morgan fingerprint density at radius 2 is 1.73 bits per heavy atom. The highest BCUT2D eigenvalue weighted by Crippen LogP contribution is 2.29. The van der Waals surface area contributed by atoms with Crippen LogP contribution in [0.1, 0.15) is 11.1 Å². The van der Waals surface area contributed by atoms with E-state index in [0.29, 0.717) is 18.7 Å². The summed E-state index contributed by atoms with van der Waals surface area (Å²) in [6, 6.07) is 9.50. The van der Waals surface area contributed by atoms with Crippen molar-refractivity contribution in [1.29, 1.82) is 0 Å². The van der Waals surface area contributed by atoms with Gasteiger partial charge in [-0.25, -0.2) is 4.39 Å². The zero-order valence-corrected chi connectivity index (χ0v) is 11.9. The molecule has 0 aromatic heterocycles. The molecule has 0 heterocycles. The maximum Gasteiger partial charge on any atom is 0.416 e. The van der Waals surface area contributed by atoms with E-state index in [4.69, 9.17) is 4.74 Å². The van der Waals surface area contributed by atoms with E-state index >= 15 is 0 Å². The van der Waals surface area contributed by atoms with E-state index in [1.165, 1.54) is 31.4 Å². The zero-order valence-electron chi connectivity index (χ0n) is 11.9. The summed E-state index contributed by atoms with van der Waals surface area (Å²) in [6.45, 7) is 0.483. The molecule has 118 valence electrons. The molecule has 0 atom stereocenters. The summed E-state index contributed by atoms with van der Waals surface area (Å²) in [4.78, 5) is 0. The second-order valence-electron chi connectivity index (χ2n) is 4.72. The Labute approximate surface area is 125 Å². The molecule has 0 saturated heterocycles. The van der Waals surface area contributed by atoms with Crippen LogP contribution in [0, 0.1) is 5.82 Å². The molecule has 0 spiro atoms. The summed E-state index contributed by atoms with van der Waals surface area (Å²) < 4.78 is 55.6. The normalized spacial score (nSPS) is 11.3. The van der Waals surface area contributed by atoms with Crippen molar-refractivity contribution in [3.63, 3.8) is 0 Å². The van der Waals surface area contributed by atoms with Gasteiger partial charge in [-0.1, -0.05) is 12.1 Å². The van der Waals surface area contributed by atoms with Crippen LogP contribution < -0.4 is 10.1 Å². The molecule has 2 aromatic carbocycles. The molecule has 0 fully saturated rings. The lowest BCUT2D eigenvalue weighted by Gasteiger charge is -2.10. The maximum atomic E-state index is 13.5. The quantitative estimate of drug-likeness (QED) is 0.820. The summed E-state index contributed by atoms with van der Waals surface area (Å²) in [6.07, 6.45) is -3.79. The molecule has 6 heteroatoms. The number of anilines is 1. The van der Waals surface area contributed by atoms with Gasteiger partial charge in [0.15, 0.2) is 11.6 Å². The fraction of sp³-hybridized carbons (Fsp3) is 0.250. The van der Waals surface area contributed by atoms with Crippen molar-refractivity contribution in [3.05, 3.63) is 59.4 Å². The fourth-order valence-corrected chi connectivity index (χ4v) is 1.99. The number of alkyl halides is 3. The van der Waals surface area contributed by atoms with Crippen LogP contribution >= 0.6 is 0 Å². The van der Waals surface area contributed by atoms with Gasteiger partial charge in [-0.3, -0.25) is 0 Å². The Morgan fingerprint density at radius 1 is 1.05 bits per heavy atom. The van der Waals surface area contributed by atoms with Crippen LogP contribution in [0.2, 0.25) is 0 Å². The van der Waals surface area contributed by atoms with Gasteiger partial charge < -0.3 is 10.1 Å². The summed E-state index contributed by atoms with van der Waals surface area (Å²) >= 11 is 0. The summed E-state index contributed by atoms with van der Waals surface area (Å²) in [5.41, 5.74) is 0.695. The first-order chi connectivity index (χ1) is 10.4. The van der Waals surface area contributed by atoms with Crippen LogP contribution in [0.15, 0.2) is 42.5 Å². The Morgan fingerprint density at radius 3 is 2.27 bits per heavy atom. The molecule has 22 heavy (non-hydrogen) atoms. The van der Waals surface area contributed by atoms with Gasteiger partial charge >= 0.3 is 6.18 Å². The van der Waals surface area contributed by atoms with Gasteiger partial charge in [0.05, 0.1) is 12.7 Å². The molecule has 2 nitrogen and oxygen atoms in total. The number of methoxy groups -OCH3 is 1. The smallest absolute Gasteiger partial charge is 0.416 e. The van der Waals surface area contributed by atoms with Crippen molar-refractivity contribution in [1.82, 2.24) is 0 Å². The van der Waals surface area contributed by atoms with Gasteiger partial charge in [0.25, 0.3) is 0 Å². The molecule has 0 bridgehead atoms. The van der Waals surface area contributed by atoms with E-state index in [2.05, 4.69) is 5.32 Å². The van der Waals surface area contributed by atoms with E-state index in [9.17, 15) is 17.6 Å². The lowest BCUT2D eigenvalue weighted by Crippen LogP contribution is -2.07. The van der Waals surface area contributed by atoms with E-state index in [0.717, 1.165) is 17.7 Å². The van der Waals surface area contributed by atoms with Crippen molar-refractivity contribution < 1.29 is 22.3 Å². The van der Waals surface area contributed by atoms with Crippen LogP contribution in [-0.4, -0.2) is 13.7 Å². The van der Waals surface area contributed by atoms with Crippen molar-refractivity contribution in [2.75, 3.05) is 19.0 Å². The number of hydrogen-bond donors (Lipinski definition) is 1. The molecule has 0 amide bonds. The van der Waals surface area contributed by atoms with Crippen molar-refractivity contribution in [3.8, 4) is 5.75 Å². The van der Waals surface area contributed by atoms with E-state index in [1.807, 2.05) is 0 Å². The highest BCUT2D eigenvalue weighted by Gasteiger charge is 2.29. The molecule has 0 unspecified atom stereocenters. The predicted octanol–water partition coefficient (Wildman–Crippen LogP) is 4.51. The van der Waals surface area contributed by atoms with Gasteiger partial charge in [0.2, 0.25) is 0 Å².